The van der Waals surface area contributed by atoms with Gasteiger partial charge in [-0.1, -0.05) is 43.3 Å². The Labute approximate surface area is 216 Å². The van der Waals surface area contributed by atoms with Crippen molar-refractivity contribution in [1.82, 2.24) is 15.1 Å². The molecular formula is C30H30FN3O3. The molecule has 0 N–H and O–H groups in total. The highest BCUT2D eigenvalue weighted by Crippen LogP contribution is 2.50. The molecule has 2 atom stereocenters. The van der Waals surface area contributed by atoms with E-state index in [1.54, 1.807) is 12.1 Å². The van der Waals surface area contributed by atoms with Gasteiger partial charge >= 0.3 is 0 Å². The SMILES string of the molecule is CCC1CCN(Cc2nnc(C3(C)c4ccccc4Oc4ccccc43)o2)CC1Oc1ccc(F)cc1. The first kappa shape index (κ1) is 23.7. The number of fused-ring (bicyclic) bond motifs is 2. The molecule has 0 amide bonds. The molecule has 1 fully saturated rings. The van der Waals surface area contributed by atoms with Gasteiger partial charge in [0, 0.05) is 17.7 Å². The quantitative estimate of drug-likeness (QED) is 0.308. The first-order chi connectivity index (χ1) is 18.0. The first-order valence-electron chi connectivity index (χ1n) is 12.9. The van der Waals surface area contributed by atoms with E-state index >= 15 is 0 Å². The molecule has 3 heterocycles. The molecule has 1 aromatic heterocycles. The Kier molecular flexibility index (Phi) is 6.16. The number of para-hydroxylation sites is 2. The molecule has 6 rings (SSSR count). The van der Waals surface area contributed by atoms with Crippen LogP contribution in [0.5, 0.6) is 17.2 Å². The fourth-order valence-corrected chi connectivity index (χ4v) is 5.60. The molecular weight excluding hydrogens is 469 g/mol. The molecule has 3 aromatic carbocycles. The van der Waals surface area contributed by atoms with Crippen LogP contribution < -0.4 is 9.47 Å². The van der Waals surface area contributed by atoms with Gasteiger partial charge in [0.05, 0.1) is 6.54 Å². The lowest BCUT2D eigenvalue weighted by molar-refractivity contribution is 0.0305. The van der Waals surface area contributed by atoms with E-state index in [0.717, 1.165) is 48.6 Å². The minimum absolute atomic E-state index is 0.0124. The highest BCUT2D eigenvalue weighted by atomic mass is 19.1. The zero-order chi connectivity index (χ0) is 25.4. The summed E-state index contributed by atoms with van der Waals surface area (Å²) in [6.07, 6.45) is 2.06. The summed E-state index contributed by atoms with van der Waals surface area (Å²) in [5, 5.41) is 8.99. The maximum absolute atomic E-state index is 13.3. The van der Waals surface area contributed by atoms with Crippen LogP contribution in [0.3, 0.4) is 0 Å². The highest BCUT2D eigenvalue weighted by Gasteiger charge is 2.44. The molecule has 7 heteroatoms. The molecule has 0 radical (unpaired) electrons. The number of likely N-dealkylation sites (tertiary alicyclic amines) is 1. The predicted molar refractivity (Wildman–Crippen MR) is 137 cm³/mol. The molecule has 0 aliphatic carbocycles. The third-order valence-corrected chi connectivity index (χ3v) is 7.73. The number of hydrogen-bond acceptors (Lipinski definition) is 6. The standard InChI is InChI=1S/C30H30FN3O3/c1-3-20-16-17-34(18-27(20)35-22-14-12-21(31)13-15-22)19-28-32-33-29(37-28)30(2)23-8-4-6-10-25(23)36-26-11-7-5-9-24(26)30/h4-15,20,27H,3,16-19H2,1-2H3. The molecule has 37 heavy (non-hydrogen) atoms. The topological polar surface area (TPSA) is 60.6 Å². The lowest BCUT2D eigenvalue weighted by atomic mass is 9.74. The number of piperidine rings is 1. The van der Waals surface area contributed by atoms with Gasteiger partial charge in [-0.3, -0.25) is 4.90 Å². The zero-order valence-electron chi connectivity index (χ0n) is 21.1. The van der Waals surface area contributed by atoms with Gasteiger partial charge in [-0.2, -0.15) is 0 Å². The van der Waals surface area contributed by atoms with Crippen molar-refractivity contribution < 1.29 is 18.3 Å². The van der Waals surface area contributed by atoms with E-state index in [9.17, 15) is 4.39 Å². The van der Waals surface area contributed by atoms with Crippen LogP contribution in [0.2, 0.25) is 0 Å². The molecule has 4 aromatic rings. The monoisotopic (exact) mass is 499 g/mol. The Morgan fingerprint density at radius 3 is 2.32 bits per heavy atom. The molecule has 2 aliphatic rings. The number of hydrogen-bond donors (Lipinski definition) is 0. The maximum atomic E-state index is 13.3. The smallest absolute Gasteiger partial charge is 0.231 e. The summed E-state index contributed by atoms with van der Waals surface area (Å²) in [6, 6.07) is 22.3. The molecule has 2 aliphatic heterocycles. The second-order valence-corrected chi connectivity index (χ2v) is 10.0. The third kappa shape index (κ3) is 4.37. The van der Waals surface area contributed by atoms with Gasteiger partial charge in [0.25, 0.3) is 0 Å². The number of rotatable bonds is 6. The van der Waals surface area contributed by atoms with Crippen LogP contribution in [0, 0.1) is 11.7 Å². The molecule has 0 bridgehead atoms. The maximum Gasteiger partial charge on any atom is 0.231 e. The minimum Gasteiger partial charge on any atom is -0.489 e. The van der Waals surface area contributed by atoms with Crippen LogP contribution >= 0.6 is 0 Å². The van der Waals surface area contributed by atoms with Gasteiger partial charge in [0.15, 0.2) is 0 Å². The Morgan fingerprint density at radius 1 is 0.973 bits per heavy atom. The van der Waals surface area contributed by atoms with E-state index in [1.165, 1.54) is 12.1 Å². The minimum atomic E-state index is -0.625. The fraction of sp³-hybridized carbons (Fsp3) is 0.333. The van der Waals surface area contributed by atoms with Crippen LogP contribution in [0.4, 0.5) is 4.39 Å². The lowest BCUT2D eigenvalue weighted by Gasteiger charge is -2.37. The van der Waals surface area contributed by atoms with Crippen molar-refractivity contribution >= 4 is 0 Å². The van der Waals surface area contributed by atoms with Crippen LogP contribution in [-0.4, -0.2) is 34.3 Å². The van der Waals surface area contributed by atoms with Crippen molar-refractivity contribution in [2.24, 2.45) is 5.92 Å². The van der Waals surface area contributed by atoms with Crippen LogP contribution in [0.1, 0.15) is 49.6 Å². The number of nitrogens with zero attached hydrogens (tertiary/aromatic N) is 3. The second-order valence-electron chi connectivity index (χ2n) is 10.0. The number of ether oxygens (including phenoxy) is 2. The highest BCUT2D eigenvalue weighted by molar-refractivity contribution is 5.60. The second kappa shape index (κ2) is 9.63. The third-order valence-electron chi connectivity index (χ3n) is 7.73. The normalized spacial score (nSPS) is 20.5. The summed E-state index contributed by atoms with van der Waals surface area (Å²) >= 11 is 0. The fourth-order valence-electron chi connectivity index (χ4n) is 5.60. The van der Waals surface area contributed by atoms with E-state index in [0.29, 0.717) is 30.0 Å². The summed E-state index contributed by atoms with van der Waals surface area (Å²) in [7, 11) is 0. The molecule has 6 nitrogen and oxygen atoms in total. The molecule has 0 saturated carbocycles. The van der Waals surface area contributed by atoms with Crippen LogP contribution in [0.15, 0.2) is 77.2 Å². The van der Waals surface area contributed by atoms with Crippen molar-refractivity contribution in [3.05, 3.63) is 102 Å². The van der Waals surface area contributed by atoms with Crippen LogP contribution in [0.25, 0.3) is 0 Å². The molecule has 2 unspecified atom stereocenters. The number of benzene rings is 3. The van der Waals surface area contributed by atoms with Crippen molar-refractivity contribution in [1.29, 1.82) is 0 Å². The van der Waals surface area contributed by atoms with Crippen LogP contribution in [-0.2, 0) is 12.0 Å². The largest absolute Gasteiger partial charge is 0.489 e. The number of aromatic nitrogens is 2. The Bertz CT molecular complexity index is 1340. The van der Waals surface area contributed by atoms with E-state index in [2.05, 4.69) is 41.1 Å². The van der Waals surface area contributed by atoms with E-state index in [4.69, 9.17) is 13.9 Å². The van der Waals surface area contributed by atoms with Gasteiger partial charge in [0.1, 0.15) is 34.6 Å². The van der Waals surface area contributed by atoms with Crippen molar-refractivity contribution in [3.8, 4) is 17.2 Å². The summed E-state index contributed by atoms with van der Waals surface area (Å²) in [6.45, 7) is 6.52. The first-order valence-corrected chi connectivity index (χ1v) is 12.9. The molecule has 0 spiro atoms. The predicted octanol–water partition coefficient (Wildman–Crippen LogP) is 6.35. The Morgan fingerprint density at radius 2 is 1.65 bits per heavy atom. The lowest BCUT2D eigenvalue weighted by Crippen LogP contribution is -2.46. The average molecular weight is 500 g/mol. The molecule has 190 valence electrons. The van der Waals surface area contributed by atoms with Gasteiger partial charge in [-0.25, -0.2) is 4.39 Å². The van der Waals surface area contributed by atoms with Crippen molar-refractivity contribution in [2.75, 3.05) is 13.1 Å². The zero-order valence-corrected chi connectivity index (χ0v) is 21.1. The molecule has 1 saturated heterocycles. The average Bonchev–Trinajstić information content (AvgIpc) is 3.39. The van der Waals surface area contributed by atoms with E-state index in [-0.39, 0.29) is 11.9 Å². The van der Waals surface area contributed by atoms with E-state index < -0.39 is 5.41 Å². The summed E-state index contributed by atoms with van der Waals surface area (Å²) in [5.41, 5.74) is 1.38. The van der Waals surface area contributed by atoms with Gasteiger partial charge in [-0.05, 0) is 68.6 Å². The van der Waals surface area contributed by atoms with Gasteiger partial charge < -0.3 is 13.9 Å². The van der Waals surface area contributed by atoms with Crippen molar-refractivity contribution in [3.63, 3.8) is 0 Å². The van der Waals surface area contributed by atoms with E-state index in [1.807, 2.05) is 36.4 Å². The summed E-state index contributed by atoms with van der Waals surface area (Å²) in [4.78, 5) is 2.30. The Balaban J connectivity index is 1.24. The van der Waals surface area contributed by atoms with Gasteiger partial charge in [0.2, 0.25) is 11.8 Å². The Hall–Kier alpha value is -3.71. The van der Waals surface area contributed by atoms with Crippen molar-refractivity contribution in [2.45, 2.75) is 44.8 Å². The number of halogens is 1. The summed E-state index contributed by atoms with van der Waals surface area (Å²) in [5.74, 6) is 3.59. The summed E-state index contributed by atoms with van der Waals surface area (Å²) < 4.78 is 32.2. The van der Waals surface area contributed by atoms with Gasteiger partial charge in [-0.15, -0.1) is 10.2 Å².